The van der Waals surface area contributed by atoms with Gasteiger partial charge in [0.15, 0.2) is 0 Å². The third-order valence-electron chi connectivity index (χ3n) is 5.75. The fraction of sp³-hybridized carbons (Fsp3) is 0.706. The fourth-order valence-electron chi connectivity index (χ4n) is 3.96. The Morgan fingerprint density at radius 1 is 1.08 bits per heavy atom. The Balaban J connectivity index is 1.36. The van der Waals surface area contributed by atoms with E-state index in [1.54, 1.807) is 16.4 Å². The first-order chi connectivity index (χ1) is 12.5. The number of hydrogen-bond donors (Lipinski definition) is 1. The summed E-state index contributed by atoms with van der Waals surface area (Å²) in [5.74, 6) is 0.736. The van der Waals surface area contributed by atoms with Crippen LogP contribution in [0.1, 0.15) is 0 Å². The lowest BCUT2D eigenvalue weighted by atomic mass is 10.1. The maximum absolute atomic E-state index is 12.7. The molecule has 5 rings (SSSR count). The van der Waals surface area contributed by atoms with Crippen molar-refractivity contribution >= 4 is 15.8 Å². The maximum Gasteiger partial charge on any atom is 0.244 e. The van der Waals surface area contributed by atoms with E-state index in [2.05, 4.69) is 25.0 Å². The number of piperazine rings is 4. The summed E-state index contributed by atoms with van der Waals surface area (Å²) in [6.45, 7) is 9.17. The van der Waals surface area contributed by atoms with Crippen molar-refractivity contribution in [1.29, 1.82) is 0 Å². The van der Waals surface area contributed by atoms with Gasteiger partial charge in [0, 0.05) is 77.7 Å². The van der Waals surface area contributed by atoms with Crippen LogP contribution < -0.4 is 5.32 Å². The van der Waals surface area contributed by atoms with Crippen LogP contribution in [0.5, 0.6) is 0 Å². The molecule has 9 heteroatoms. The van der Waals surface area contributed by atoms with Crippen molar-refractivity contribution in [1.82, 2.24) is 24.0 Å². The monoisotopic (exact) mass is 380 g/mol. The zero-order valence-corrected chi connectivity index (χ0v) is 16.2. The van der Waals surface area contributed by atoms with E-state index in [9.17, 15) is 8.42 Å². The van der Waals surface area contributed by atoms with Gasteiger partial charge in [-0.3, -0.25) is 9.80 Å². The standard InChI is InChI=1S/C17H28N6O2S/c1-20-4-10-23(11-5-20)26(24,25)16-2-3-17(19-13-16)18-12-15-14-21-6-8-22(15)9-7-21/h2-3,13,15H,4-12,14H2,1H3,(H,18,19). The normalized spacial score (nSPS) is 30.4. The molecule has 5 heterocycles. The summed E-state index contributed by atoms with van der Waals surface area (Å²) in [6.07, 6.45) is 1.48. The number of sulfonamides is 1. The molecular formula is C17H28N6O2S. The third-order valence-corrected chi connectivity index (χ3v) is 7.63. The van der Waals surface area contributed by atoms with Crippen LogP contribution in [-0.2, 0) is 10.0 Å². The van der Waals surface area contributed by atoms with Crippen molar-refractivity contribution in [3.05, 3.63) is 18.3 Å². The molecule has 1 aromatic heterocycles. The molecule has 1 aromatic rings. The van der Waals surface area contributed by atoms with E-state index < -0.39 is 10.0 Å². The molecule has 4 fully saturated rings. The second kappa shape index (κ2) is 7.40. The van der Waals surface area contributed by atoms with Crippen LogP contribution in [0.15, 0.2) is 23.2 Å². The predicted octanol–water partition coefficient (Wildman–Crippen LogP) is -0.571. The average Bonchev–Trinajstić information content (AvgIpc) is 2.68. The molecule has 4 aliphatic heterocycles. The van der Waals surface area contributed by atoms with Crippen LogP contribution in [0.4, 0.5) is 5.82 Å². The summed E-state index contributed by atoms with van der Waals surface area (Å²) in [4.78, 5) is 11.8. The molecule has 8 nitrogen and oxygen atoms in total. The molecule has 144 valence electrons. The highest BCUT2D eigenvalue weighted by molar-refractivity contribution is 7.89. The van der Waals surface area contributed by atoms with Gasteiger partial charge in [-0.25, -0.2) is 13.4 Å². The summed E-state index contributed by atoms with van der Waals surface area (Å²) in [6, 6.07) is 3.95. The number of hydrogen-bond acceptors (Lipinski definition) is 7. The smallest absolute Gasteiger partial charge is 0.244 e. The minimum atomic E-state index is -3.44. The maximum atomic E-state index is 12.7. The summed E-state index contributed by atoms with van der Waals surface area (Å²) < 4.78 is 27.0. The fourth-order valence-corrected chi connectivity index (χ4v) is 5.32. The average molecular weight is 381 g/mol. The Morgan fingerprint density at radius 2 is 1.81 bits per heavy atom. The first kappa shape index (κ1) is 18.1. The van der Waals surface area contributed by atoms with E-state index in [1.807, 2.05) is 7.05 Å². The SMILES string of the molecule is CN1CCN(S(=O)(=O)c2ccc(NCC3CN4CCN3CC4)nc2)CC1. The van der Waals surface area contributed by atoms with Gasteiger partial charge in [0.1, 0.15) is 10.7 Å². The molecule has 4 saturated heterocycles. The Kier molecular flexibility index (Phi) is 5.15. The highest BCUT2D eigenvalue weighted by Gasteiger charge is 2.31. The minimum Gasteiger partial charge on any atom is -0.368 e. The van der Waals surface area contributed by atoms with Gasteiger partial charge in [-0.15, -0.1) is 0 Å². The van der Waals surface area contributed by atoms with E-state index in [1.165, 1.54) is 19.3 Å². The molecule has 1 N–H and O–H groups in total. The van der Waals surface area contributed by atoms with Crippen molar-refractivity contribution < 1.29 is 8.42 Å². The third kappa shape index (κ3) is 3.72. The van der Waals surface area contributed by atoms with Gasteiger partial charge >= 0.3 is 0 Å². The number of pyridine rings is 1. The van der Waals surface area contributed by atoms with Gasteiger partial charge in [0.05, 0.1) is 0 Å². The van der Waals surface area contributed by atoms with Gasteiger partial charge in [-0.1, -0.05) is 0 Å². The lowest BCUT2D eigenvalue weighted by Crippen LogP contribution is -2.62. The van der Waals surface area contributed by atoms with Crippen molar-refractivity contribution in [3.63, 3.8) is 0 Å². The molecule has 1 atom stereocenters. The van der Waals surface area contributed by atoms with Crippen LogP contribution in [0.2, 0.25) is 0 Å². The molecule has 1 unspecified atom stereocenters. The predicted molar refractivity (Wildman–Crippen MR) is 101 cm³/mol. The largest absolute Gasteiger partial charge is 0.368 e. The number of rotatable bonds is 5. The molecule has 0 saturated carbocycles. The molecule has 2 bridgehead atoms. The molecule has 0 amide bonds. The summed E-state index contributed by atoms with van der Waals surface area (Å²) in [5.41, 5.74) is 0. The van der Waals surface area contributed by atoms with Crippen LogP contribution in [0.3, 0.4) is 0 Å². The number of nitrogens with zero attached hydrogens (tertiary/aromatic N) is 5. The molecule has 4 aliphatic rings. The quantitative estimate of drug-likeness (QED) is 0.733. The second-order valence-electron chi connectivity index (χ2n) is 7.46. The van der Waals surface area contributed by atoms with Crippen molar-refractivity contribution in [3.8, 4) is 0 Å². The van der Waals surface area contributed by atoms with Gasteiger partial charge < -0.3 is 10.2 Å². The van der Waals surface area contributed by atoms with Crippen molar-refractivity contribution in [2.24, 2.45) is 0 Å². The van der Waals surface area contributed by atoms with E-state index in [0.717, 1.165) is 45.1 Å². The van der Waals surface area contributed by atoms with Crippen LogP contribution >= 0.6 is 0 Å². The van der Waals surface area contributed by atoms with Gasteiger partial charge in [0.25, 0.3) is 0 Å². The van der Waals surface area contributed by atoms with Crippen LogP contribution in [0, 0.1) is 0 Å². The number of likely N-dealkylation sites (N-methyl/N-ethyl adjacent to an activating group) is 1. The van der Waals surface area contributed by atoms with Gasteiger partial charge in [-0.2, -0.15) is 4.31 Å². The van der Waals surface area contributed by atoms with Crippen LogP contribution in [-0.4, -0.2) is 111 Å². The highest BCUT2D eigenvalue weighted by atomic mass is 32.2. The Hall–Kier alpha value is -1.26. The summed E-state index contributed by atoms with van der Waals surface area (Å²) in [5, 5.41) is 3.37. The zero-order valence-electron chi connectivity index (χ0n) is 15.3. The molecular weight excluding hydrogens is 352 g/mol. The minimum absolute atomic E-state index is 0.277. The molecule has 26 heavy (non-hydrogen) atoms. The lowest BCUT2D eigenvalue weighted by molar-refractivity contribution is 0.0189. The number of aromatic nitrogens is 1. The Labute approximate surface area is 155 Å². The second-order valence-corrected chi connectivity index (χ2v) is 9.40. The molecule has 0 aliphatic carbocycles. The van der Waals surface area contributed by atoms with Gasteiger partial charge in [-0.05, 0) is 19.2 Å². The molecule has 0 aromatic carbocycles. The zero-order chi connectivity index (χ0) is 18.1. The number of fused-ring (bicyclic) bond motifs is 3. The van der Waals surface area contributed by atoms with E-state index in [-0.39, 0.29) is 4.90 Å². The summed E-state index contributed by atoms with van der Waals surface area (Å²) in [7, 11) is -1.43. The number of nitrogens with one attached hydrogen (secondary N) is 1. The first-order valence-corrected chi connectivity index (χ1v) is 10.8. The van der Waals surface area contributed by atoms with Crippen molar-refractivity contribution in [2.45, 2.75) is 10.9 Å². The van der Waals surface area contributed by atoms with Gasteiger partial charge in [0.2, 0.25) is 10.0 Å². The van der Waals surface area contributed by atoms with E-state index in [4.69, 9.17) is 0 Å². The van der Waals surface area contributed by atoms with Crippen molar-refractivity contribution in [2.75, 3.05) is 77.8 Å². The Bertz CT molecular complexity index is 709. The molecule has 0 spiro atoms. The van der Waals surface area contributed by atoms with E-state index >= 15 is 0 Å². The topological polar surface area (TPSA) is 72.0 Å². The Morgan fingerprint density at radius 3 is 2.38 bits per heavy atom. The first-order valence-electron chi connectivity index (χ1n) is 9.37. The van der Waals surface area contributed by atoms with Crippen LogP contribution in [0.25, 0.3) is 0 Å². The molecule has 0 radical (unpaired) electrons. The highest BCUT2D eigenvalue weighted by Crippen LogP contribution is 2.19. The van der Waals surface area contributed by atoms with E-state index in [0.29, 0.717) is 19.1 Å². The number of anilines is 1. The lowest BCUT2D eigenvalue weighted by Gasteiger charge is -2.47. The summed E-state index contributed by atoms with van der Waals surface area (Å²) >= 11 is 0.